The second-order valence-corrected chi connectivity index (χ2v) is 15.7. The number of benzene rings is 2. The van der Waals surface area contributed by atoms with Gasteiger partial charge in [0, 0.05) is 17.7 Å². The van der Waals surface area contributed by atoms with E-state index in [-0.39, 0.29) is 50.2 Å². The molecule has 53 heavy (non-hydrogen) atoms. The summed E-state index contributed by atoms with van der Waals surface area (Å²) >= 11 is 0. The first kappa shape index (κ1) is 37.4. The highest BCUT2D eigenvalue weighted by Crippen LogP contribution is 2.57. The van der Waals surface area contributed by atoms with E-state index in [4.69, 9.17) is 23.7 Å². The molecule has 1 fully saturated rings. The van der Waals surface area contributed by atoms with E-state index in [9.17, 15) is 24.3 Å². The normalized spacial score (nSPS) is 22.7. The molecule has 3 aliphatic rings. The molecule has 3 aromatic rings. The van der Waals surface area contributed by atoms with Crippen molar-refractivity contribution in [1.82, 2.24) is 9.47 Å². The average Bonchev–Trinajstić information content (AvgIpc) is 3.43. The third-order valence-electron chi connectivity index (χ3n) is 9.93. The number of aliphatic hydroxyl groups excluding tert-OH is 1. The Morgan fingerprint density at radius 3 is 2.23 bits per heavy atom. The number of aromatic nitrogens is 1. The van der Waals surface area contributed by atoms with Crippen molar-refractivity contribution >= 4 is 41.0 Å². The van der Waals surface area contributed by atoms with Gasteiger partial charge in [-0.05, 0) is 78.0 Å². The van der Waals surface area contributed by atoms with Crippen molar-refractivity contribution in [2.45, 2.75) is 97.1 Å². The Morgan fingerprint density at radius 1 is 0.906 bits per heavy atom. The van der Waals surface area contributed by atoms with Crippen molar-refractivity contribution < 1.29 is 52.8 Å². The van der Waals surface area contributed by atoms with Gasteiger partial charge < -0.3 is 33.7 Å². The number of ether oxygens (including phenoxy) is 5. The summed E-state index contributed by atoms with van der Waals surface area (Å²) in [5.74, 6) is -3.93. The van der Waals surface area contributed by atoms with Crippen LogP contribution in [0.1, 0.15) is 83.7 Å². The summed E-state index contributed by atoms with van der Waals surface area (Å²) in [5, 5.41) is 11.9. The molecule has 2 aliphatic heterocycles. The highest BCUT2D eigenvalue weighted by Gasteiger charge is 2.65. The summed E-state index contributed by atoms with van der Waals surface area (Å²) in [6.07, 6.45) is -1.90. The van der Waals surface area contributed by atoms with Crippen LogP contribution < -0.4 is 0 Å². The topological polar surface area (TPSA) is 160 Å². The van der Waals surface area contributed by atoms with Crippen LogP contribution in [0.4, 0.5) is 9.59 Å². The van der Waals surface area contributed by atoms with Gasteiger partial charge in [0.15, 0.2) is 5.41 Å². The Morgan fingerprint density at radius 2 is 1.57 bits per heavy atom. The molecule has 6 rings (SSSR count). The summed E-state index contributed by atoms with van der Waals surface area (Å²) in [6, 6.07) is 14.4. The van der Waals surface area contributed by atoms with Crippen LogP contribution >= 0.6 is 0 Å². The Labute approximate surface area is 307 Å². The van der Waals surface area contributed by atoms with Gasteiger partial charge in [-0.2, -0.15) is 0 Å². The van der Waals surface area contributed by atoms with E-state index < -0.39 is 64.7 Å². The molecule has 13 heteroatoms. The van der Waals surface area contributed by atoms with Crippen molar-refractivity contribution in [2.75, 3.05) is 13.7 Å². The lowest BCUT2D eigenvalue weighted by atomic mass is 9.58. The molecule has 1 aliphatic carbocycles. The number of allylic oxidation sites excluding steroid dienone is 1. The Kier molecular flexibility index (Phi) is 9.82. The minimum Gasteiger partial charge on any atom is -0.512 e. The first-order valence-corrected chi connectivity index (χ1v) is 17.7. The van der Waals surface area contributed by atoms with Gasteiger partial charge in [0.05, 0.1) is 36.0 Å². The van der Waals surface area contributed by atoms with Crippen LogP contribution in [0.15, 0.2) is 65.9 Å². The molecule has 0 radical (unpaired) electrons. The average molecular weight is 731 g/mol. The molecule has 4 atom stereocenters. The third kappa shape index (κ3) is 6.96. The second kappa shape index (κ2) is 13.9. The number of amides is 1. The number of nitrogens with zero attached hydrogens (tertiary/aromatic N) is 2. The number of hydrogen-bond acceptors (Lipinski definition) is 11. The summed E-state index contributed by atoms with van der Waals surface area (Å²) in [6.45, 7) is 9.90. The van der Waals surface area contributed by atoms with Crippen LogP contribution in [0, 0.1) is 11.3 Å². The fourth-order valence-electron chi connectivity index (χ4n) is 7.89. The van der Waals surface area contributed by atoms with Crippen LogP contribution in [0.2, 0.25) is 0 Å². The van der Waals surface area contributed by atoms with E-state index in [0.29, 0.717) is 22.3 Å². The van der Waals surface area contributed by atoms with Crippen molar-refractivity contribution in [3.8, 4) is 0 Å². The van der Waals surface area contributed by atoms with Crippen LogP contribution in [-0.2, 0) is 51.1 Å². The van der Waals surface area contributed by atoms with Gasteiger partial charge in [-0.25, -0.2) is 19.0 Å². The zero-order valence-corrected chi connectivity index (χ0v) is 31.1. The molecule has 0 spiro atoms. The van der Waals surface area contributed by atoms with Crippen molar-refractivity contribution in [3.05, 3.63) is 82.8 Å². The second-order valence-electron chi connectivity index (χ2n) is 15.7. The van der Waals surface area contributed by atoms with Crippen LogP contribution in [0.3, 0.4) is 0 Å². The number of fused-ring (bicyclic) bond motifs is 6. The van der Waals surface area contributed by atoms with Crippen LogP contribution in [0.5, 0.6) is 0 Å². The van der Waals surface area contributed by atoms with Crippen LogP contribution in [-0.4, -0.2) is 75.6 Å². The van der Waals surface area contributed by atoms with Gasteiger partial charge in [0.2, 0.25) is 5.91 Å². The van der Waals surface area contributed by atoms with E-state index in [1.54, 1.807) is 77.9 Å². The lowest BCUT2D eigenvalue weighted by Gasteiger charge is -2.54. The van der Waals surface area contributed by atoms with Gasteiger partial charge in [0.1, 0.15) is 30.2 Å². The molecular weight excluding hydrogens is 684 g/mol. The smallest absolute Gasteiger partial charge is 0.508 e. The number of aliphatic hydroxyl groups is 1. The molecule has 1 aromatic heterocycles. The molecule has 282 valence electrons. The monoisotopic (exact) mass is 730 g/mol. The van der Waals surface area contributed by atoms with Gasteiger partial charge in [-0.15, -0.1) is 0 Å². The predicted molar refractivity (Wildman–Crippen MR) is 191 cm³/mol. The van der Waals surface area contributed by atoms with Crippen molar-refractivity contribution in [2.24, 2.45) is 11.3 Å². The SMILES string of the molecule is COC(=O)C1=C(O)CC[C@@]2(C(=O)OCc3ccccc3)C(=O)N3[C@H](COC(=O)OC(C)(C)C)Cc4c(n(C(=O)OC(C)(C)C)c5ccccc45)[C@H]3C[C@@H]12. The standard InChI is InChI=1S/C40H46N2O11/c1-38(2,3)52-36(47)42-28-16-12-11-15-25(28)26-19-24(22-51-37(48)53-39(4,5)6)41-29(32(26)42)20-27-31(33(44)49-7)30(43)17-18-40(27,34(41)45)35(46)50-21-23-13-9-8-10-14-23/h8-16,24,27,29,43H,17-22H2,1-7H3/t24-,27-,29+,40-/m0/s1. The molecule has 2 aromatic carbocycles. The van der Waals surface area contributed by atoms with E-state index in [1.807, 2.05) is 18.2 Å². The Hall–Kier alpha value is -5.33. The molecule has 13 nitrogen and oxygen atoms in total. The van der Waals surface area contributed by atoms with Crippen molar-refractivity contribution in [3.63, 3.8) is 0 Å². The highest BCUT2D eigenvalue weighted by atomic mass is 16.7. The lowest BCUT2D eigenvalue weighted by molar-refractivity contribution is -0.183. The molecule has 0 saturated carbocycles. The molecular formula is C40H46N2O11. The van der Waals surface area contributed by atoms with Crippen LogP contribution in [0.25, 0.3) is 10.9 Å². The first-order valence-electron chi connectivity index (χ1n) is 17.7. The van der Waals surface area contributed by atoms with Crippen molar-refractivity contribution in [1.29, 1.82) is 0 Å². The minimum absolute atomic E-state index is 0.0876. The summed E-state index contributed by atoms with van der Waals surface area (Å²) in [7, 11) is 1.16. The Balaban J connectivity index is 1.53. The van der Waals surface area contributed by atoms with E-state index in [1.165, 1.54) is 9.47 Å². The van der Waals surface area contributed by atoms with Gasteiger partial charge in [-0.3, -0.25) is 9.59 Å². The fraction of sp³-hybridized carbons (Fsp3) is 0.475. The molecule has 0 unspecified atom stereocenters. The Bertz CT molecular complexity index is 1980. The summed E-state index contributed by atoms with van der Waals surface area (Å²) in [4.78, 5) is 71.8. The number of piperidine rings is 1. The molecule has 1 N–H and O–H groups in total. The number of carbonyl (C=O) groups is 5. The van der Waals surface area contributed by atoms with E-state index in [0.717, 1.165) is 12.5 Å². The highest BCUT2D eigenvalue weighted by molar-refractivity contribution is 6.07. The maximum Gasteiger partial charge on any atom is 0.508 e. The zero-order valence-electron chi connectivity index (χ0n) is 31.1. The summed E-state index contributed by atoms with van der Waals surface area (Å²) in [5.41, 5.74) is -1.52. The van der Waals surface area contributed by atoms with Gasteiger partial charge >= 0.3 is 24.2 Å². The number of carbonyl (C=O) groups excluding carboxylic acids is 5. The molecule has 0 bridgehead atoms. The number of rotatable bonds is 6. The van der Waals surface area contributed by atoms with E-state index >= 15 is 4.79 Å². The number of para-hydroxylation sites is 1. The third-order valence-corrected chi connectivity index (χ3v) is 9.93. The largest absolute Gasteiger partial charge is 0.512 e. The quantitative estimate of drug-likeness (QED) is 0.163. The van der Waals surface area contributed by atoms with Gasteiger partial charge in [-0.1, -0.05) is 48.5 Å². The summed E-state index contributed by atoms with van der Waals surface area (Å²) < 4.78 is 29.3. The fourth-order valence-corrected chi connectivity index (χ4v) is 7.89. The molecule has 3 heterocycles. The zero-order chi connectivity index (χ0) is 38.5. The number of esters is 2. The molecule has 1 amide bonds. The predicted octanol–water partition coefficient (Wildman–Crippen LogP) is 6.70. The number of hydrogen-bond donors (Lipinski definition) is 1. The maximum absolute atomic E-state index is 15.4. The minimum atomic E-state index is -1.97. The lowest BCUT2D eigenvalue weighted by Crippen LogP contribution is -2.65. The van der Waals surface area contributed by atoms with E-state index in [2.05, 4.69) is 0 Å². The molecule has 1 saturated heterocycles. The maximum atomic E-state index is 15.4. The first-order chi connectivity index (χ1) is 25.0. The number of methoxy groups -OCH3 is 1. The van der Waals surface area contributed by atoms with Gasteiger partial charge in [0.25, 0.3) is 0 Å².